The molecule has 0 atom stereocenters. The molecular weight excluding hydrogens is 342 g/mol. The van der Waals surface area contributed by atoms with E-state index in [0.717, 1.165) is 25.0 Å². The Labute approximate surface area is 157 Å². The van der Waals surface area contributed by atoms with Crippen molar-refractivity contribution < 1.29 is 4.79 Å². The van der Waals surface area contributed by atoms with Gasteiger partial charge in [-0.1, -0.05) is 24.6 Å². The molecule has 7 heteroatoms. The smallest absolute Gasteiger partial charge is 0.272 e. The Morgan fingerprint density at radius 1 is 1.19 bits per heavy atom. The average molecular weight is 365 g/mol. The van der Waals surface area contributed by atoms with Gasteiger partial charge in [-0.25, -0.2) is 4.68 Å². The Balaban J connectivity index is 1.54. The Hall–Kier alpha value is -3.09. The fourth-order valence-electron chi connectivity index (χ4n) is 3.63. The molecular formula is C20H23N5O2. The van der Waals surface area contributed by atoms with Gasteiger partial charge in [0.05, 0.1) is 17.9 Å². The van der Waals surface area contributed by atoms with Crippen LogP contribution in [0.1, 0.15) is 46.7 Å². The van der Waals surface area contributed by atoms with Gasteiger partial charge in [0.15, 0.2) is 0 Å². The second-order valence-corrected chi connectivity index (χ2v) is 7.03. The van der Waals surface area contributed by atoms with Gasteiger partial charge in [-0.2, -0.15) is 5.10 Å². The number of fused-ring (bicyclic) bond motifs is 1. The highest BCUT2D eigenvalue weighted by molar-refractivity contribution is 5.92. The van der Waals surface area contributed by atoms with Gasteiger partial charge in [-0.05, 0) is 43.4 Å². The number of hydrogen-bond donors (Lipinski definition) is 2. The van der Waals surface area contributed by atoms with Crippen molar-refractivity contribution in [3.63, 3.8) is 0 Å². The highest BCUT2D eigenvalue weighted by Gasteiger charge is 2.21. The summed E-state index contributed by atoms with van der Waals surface area (Å²) in [5.74, 6) is -0.229. The van der Waals surface area contributed by atoms with E-state index in [1.54, 1.807) is 11.9 Å². The molecule has 1 aliphatic rings. The van der Waals surface area contributed by atoms with Gasteiger partial charge >= 0.3 is 0 Å². The largest absolute Gasteiger partial charge is 0.334 e. The van der Waals surface area contributed by atoms with Crippen LogP contribution in [-0.4, -0.2) is 37.8 Å². The topological polar surface area (TPSA) is 86.8 Å². The van der Waals surface area contributed by atoms with Gasteiger partial charge in [-0.15, -0.1) is 0 Å². The molecule has 2 aromatic heterocycles. The number of aryl methyl sites for hydroxylation is 1. The van der Waals surface area contributed by atoms with E-state index in [4.69, 9.17) is 0 Å². The molecule has 0 fully saturated rings. The summed E-state index contributed by atoms with van der Waals surface area (Å²) in [6.45, 7) is 0.420. The Morgan fingerprint density at radius 3 is 2.78 bits per heavy atom. The van der Waals surface area contributed by atoms with Gasteiger partial charge in [-0.3, -0.25) is 19.8 Å². The molecule has 0 saturated carbocycles. The third-order valence-corrected chi connectivity index (χ3v) is 5.09. The van der Waals surface area contributed by atoms with Crippen LogP contribution in [0.5, 0.6) is 0 Å². The van der Waals surface area contributed by atoms with Gasteiger partial charge in [0.2, 0.25) is 0 Å². The number of nitrogens with one attached hydrogen (secondary N) is 2. The summed E-state index contributed by atoms with van der Waals surface area (Å²) in [4.78, 5) is 26.7. The molecule has 140 valence electrons. The number of para-hydroxylation sites is 1. The fraction of sp³-hybridized carbons (Fsp3) is 0.350. The van der Waals surface area contributed by atoms with Gasteiger partial charge in [0.25, 0.3) is 11.5 Å². The van der Waals surface area contributed by atoms with E-state index in [-0.39, 0.29) is 17.2 Å². The van der Waals surface area contributed by atoms with E-state index in [9.17, 15) is 9.59 Å². The van der Waals surface area contributed by atoms with E-state index in [2.05, 4.69) is 15.3 Å². The summed E-state index contributed by atoms with van der Waals surface area (Å²) in [6, 6.07) is 10.5. The van der Waals surface area contributed by atoms with E-state index < -0.39 is 0 Å². The monoisotopic (exact) mass is 365 g/mol. The van der Waals surface area contributed by atoms with Crippen LogP contribution in [0.2, 0.25) is 0 Å². The number of aromatic amines is 2. The van der Waals surface area contributed by atoms with Crippen molar-refractivity contribution in [2.24, 2.45) is 0 Å². The van der Waals surface area contributed by atoms with Crippen LogP contribution >= 0.6 is 0 Å². The SMILES string of the molecule is CN(Cc1n[nH]c2c1CCCCC2)C(=O)c1cc(=O)n(-c2ccccc2)[nH]1. The first-order valence-electron chi connectivity index (χ1n) is 9.31. The number of hydrogen-bond acceptors (Lipinski definition) is 3. The Bertz CT molecular complexity index is 999. The molecule has 0 saturated heterocycles. The van der Waals surface area contributed by atoms with Gasteiger partial charge in [0.1, 0.15) is 5.69 Å². The minimum Gasteiger partial charge on any atom is -0.334 e. The number of carbonyl (C=O) groups is 1. The molecule has 1 aliphatic carbocycles. The lowest BCUT2D eigenvalue weighted by molar-refractivity contribution is 0.0777. The molecule has 4 rings (SSSR count). The molecule has 1 amide bonds. The van der Waals surface area contributed by atoms with Crippen molar-refractivity contribution in [2.45, 2.75) is 38.6 Å². The summed E-state index contributed by atoms with van der Waals surface area (Å²) < 4.78 is 1.38. The predicted octanol–water partition coefficient (Wildman–Crippen LogP) is 2.43. The summed E-state index contributed by atoms with van der Waals surface area (Å²) in [5.41, 5.74) is 4.09. The van der Waals surface area contributed by atoms with Crippen molar-refractivity contribution in [1.82, 2.24) is 24.9 Å². The number of carbonyl (C=O) groups excluding carboxylic acids is 1. The summed E-state index contributed by atoms with van der Waals surface area (Å²) >= 11 is 0. The second-order valence-electron chi connectivity index (χ2n) is 7.03. The molecule has 0 spiro atoms. The van der Waals surface area contributed by atoms with Crippen molar-refractivity contribution in [3.05, 3.63) is 69.4 Å². The third kappa shape index (κ3) is 3.45. The minimum absolute atomic E-state index is 0.229. The molecule has 0 bridgehead atoms. The van der Waals surface area contributed by atoms with Crippen LogP contribution in [0, 0.1) is 0 Å². The summed E-state index contributed by atoms with van der Waals surface area (Å²) in [7, 11) is 1.73. The van der Waals surface area contributed by atoms with Crippen LogP contribution in [0.15, 0.2) is 41.2 Å². The van der Waals surface area contributed by atoms with E-state index in [1.165, 1.54) is 34.8 Å². The summed E-state index contributed by atoms with van der Waals surface area (Å²) in [6.07, 6.45) is 5.59. The zero-order valence-electron chi connectivity index (χ0n) is 15.4. The predicted molar refractivity (Wildman–Crippen MR) is 102 cm³/mol. The minimum atomic E-state index is -0.258. The Kier molecular flexibility index (Phi) is 4.66. The molecule has 0 unspecified atom stereocenters. The van der Waals surface area contributed by atoms with Gasteiger partial charge < -0.3 is 4.90 Å². The maximum atomic E-state index is 12.8. The van der Waals surface area contributed by atoms with Crippen molar-refractivity contribution in [3.8, 4) is 5.69 Å². The molecule has 3 aromatic rings. The quantitative estimate of drug-likeness (QED) is 0.696. The average Bonchev–Trinajstić information content (AvgIpc) is 3.16. The lowest BCUT2D eigenvalue weighted by Crippen LogP contribution is -2.27. The third-order valence-electron chi connectivity index (χ3n) is 5.09. The van der Waals surface area contributed by atoms with Crippen LogP contribution in [0.3, 0.4) is 0 Å². The molecule has 7 nitrogen and oxygen atoms in total. The van der Waals surface area contributed by atoms with Crippen molar-refractivity contribution in [1.29, 1.82) is 0 Å². The fourth-order valence-corrected chi connectivity index (χ4v) is 3.63. The molecule has 0 radical (unpaired) electrons. The van der Waals surface area contributed by atoms with Crippen molar-refractivity contribution in [2.75, 3.05) is 7.05 Å². The molecule has 2 heterocycles. The van der Waals surface area contributed by atoms with E-state index >= 15 is 0 Å². The number of rotatable bonds is 4. The lowest BCUT2D eigenvalue weighted by atomic mass is 10.1. The number of H-pyrrole nitrogens is 2. The summed E-state index contributed by atoms with van der Waals surface area (Å²) in [5, 5.41) is 10.5. The molecule has 27 heavy (non-hydrogen) atoms. The molecule has 2 N–H and O–H groups in total. The normalized spacial score (nSPS) is 13.8. The number of nitrogens with zero attached hydrogens (tertiary/aromatic N) is 3. The maximum absolute atomic E-state index is 12.8. The maximum Gasteiger partial charge on any atom is 0.272 e. The number of aromatic nitrogens is 4. The van der Waals surface area contributed by atoms with Crippen LogP contribution < -0.4 is 5.56 Å². The first-order valence-corrected chi connectivity index (χ1v) is 9.31. The molecule has 0 aliphatic heterocycles. The first kappa shape index (κ1) is 17.3. The van der Waals surface area contributed by atoms with Crippen LogP contribution in [-0.2, 0) is 19.4 Å². The van der Waals surface area contributed by atoms with Crippen LogP contribution in [0.4, 0.5) is 0 Å². The highest BCUT2D eigenvalue weighted by atomic mass is 16.2. The van der Waals surface area contributed by atoms with E-state index in [1.807, 2.05) is 30.3 Å². The van der Waals surface area contributed by atoms with E-state index in [0.29, 0.717) is 12.2 Å². The van der Waals surface area contributed by atoms with Crippen molar-refractivity contribution >= 4 is 5.91 Å². The Morgan fingerprint density at radius 2 is 1.96 bits per heavy atom. The zero-order valence-corrected chi connectivity index (χ0v) is 15.4. The lowest BCUT2D eigenvalue weighted by Gasteiger charge is -2.16. The zero-order chi connectivity index (χ0) is 18.8. The highest BCUT2D eigenvalue weighted by Crippen LogP contribution is 2.22. The second kappa shape index (κ2) is 7.26. The van der Waals surface area contributed by atoms with Crippen LogP contribution in [0.25, 0.3) is 5.69 Å². The first-order chi connectivity index (χ1) is 13.1. The van der Waals surface area contributed by atoms with Gasteiger partial charge in [0, 0.05) is 18.8 Å². The number of amides is 1. The molecule has 1 aromatic carbocycles. The number of benzene rings is 1. The standard InChI is InChI=1S/C20H23N5O2/c1-24(13-18-15-10-6-3-7-11-16(15)21-22-18)20(27)17-12-19(26)25(23-17)14-8-4-2-5-9-14/h2,4-5,8-9,12,23H,3,6-7,10-11,13H2,1H3,(H,21,22).